The number of aryl methyl sites for hydroxylation is 3. The minimum absolute atomic E-state index is 0.00188. The minimum atomic E-state index is -0.00188. The van der Waals surface area contributed by atoms with Gasteiger partial charge < -0.3 is 9.63 Å². The topological polar surface area (TPSA) is 77.0 Å². The Morgan fingerprint density at radius 3 is 2.74 bits per heavy atom. The number of nitrogens with zero attached hydrogens (tertiary/aromatic N) is 4. The number of hydrogen-bond acceptors (Lipinski definition) is 5. The lowest BCUT2D eigenvalue weighted by atomic mass is 10.1. The highest BCUT2D eigenvalue weighted by Gasteiger charge is 2.13. The van der Waals surface area contributed by atoms with Gasteiger partial charge in [0.2, 0.25) is 11.7 Å². The molecule has 0 spiro atoms. The van der Waals surface area contributed by atoms with Crippen LogP contribution in [0.1, 0.15) is 28.4 Å². The molecule has 0 aliphatic rings. The fourth-order valence-electron chi connectivity index (χ4n) is 2.69. The Morgan fingerprint density at radius 2 is 2.04 bits per heavy atom. The summed E-state index contributed by atoms with van der Waals surface area (Å²) >= 11 is 0. The summed E-state index contributed by atoms with van der Waals surface area (Å²) < 4.78 is 7.24. The van der Waals surface area contributed by atoms with E-state index in [9.17, 15) is 5.11 Å². The van der Waals surface area contributed by atoms with Crippen molar-refractivity contribution in [2.75, 3.05) is 0 Å². The Hall–Kier alpha value is -2.47. The van der Waals surface area contributed by atoms with E-state index in [-0.39, 0.29) is 6.61 Å². The fraction of sp³-hybridized carbons (Fsp3) is 0.353. The zero-order chi connectivity index (χ0) is 16.4. The molecule has 6 heteroatoms. The van der Waals surface area contributed by atoms with E-state index in [2.05, 4.69) is 22.2 Å². The van der Waals surface area contributed by atoms with Crippen molar-refractivity contribution in [1.82, 2.24) is 19.9 Å². The van der Waals surface area contributed by atoms with Gasteiger partial charge in [0, 0.05) is 24.7 Å². The standard InChI is InChI=1S/C17H20N4O2/c1-11-15(12(2)21(3)19-11)7-8-16-18-17(20-23-16)14-6-4-5-13(9-14)10-22/h4-6,9,22H,7-8,10H2,1-3H3. The summed E-state index contributed by atoms with van der Waals surface area (Å²) in [5.74, 6) is 1.16. The average molecular weight is 312 g/mol. The third-order valence-electron chi connectivity index (χ3n) is 4.08. The highest BCUT2D eigenvalue weighted by atomic mass is 16.5. The fourth-order valence-corrected chi connectivity index (χ4v) is 2.69. The summed E-state index contributed by atoms with van der Waals surface area (Å²) in [5.41, 5.74) is 5.11. The Kier molecular flexibility index (Phi) is 4.25. The van der Waals surface area contributed by atoms with E-state index in [4.69, 9.17) is 4.52 Å². The molecule has 2 heterocycles. The molecule has 1 aromatic carbocycles. The molecule has 2 aromatic heterocycles. The van der Waals surface area contributed by atoms with E-state index in [1.54, 1.807) is 0 Å². The smallest absolute Gasteiger partial charge is 0.227 e. The Bertz CT molecular complexity index is 820. The predicted octanol–water partition coefficient (Wildman–Crippen LogP) is 2.36. The van der Waals surface area contributed by atoms with Crippen LogP contribution in [0.15, 0.2) is 28.8 Å². The quantitative estimate of drug-likeness (QED) is 0.782. The largest absolute Gasteiger partial charge is 0.392 e. The van der Waals surface area contributed by atoms with Crippen LogP contribution in [0.4, 0.5) is 0 Å². The molecule has 0 bridgehead atoms. The van der Waals surface area contributed by atoms with Crippen molar-refractivity contribution in [3.63, 3.8) is 0 Å². The lowest BCUT2D eigenvalue weighted by Crippen LogP contribution is -1.96. The van der Waals surface area contributed by atoms with Gasteiger partial charge in [-0.25, -0.2) is 0 Å². The van der Waals surface area contributed by atoms with Gasteiger partial charge in [0.05, 0.1) is 12.3 Å². The maximum atomic E-state index is 9.21. The Labute approximate surface area is 134 Å². The molecular weight excluding hydrogens is 292 g/mol. The third-order valence-corrected chi connectivity index (χ3v) is 4.08. The van der Waals surface area contributed by atoms with Crippen molar-refractivity contribution < 1.29 is 9.63 Å². The summed E-state index contributed by atoms with van der Waals surface area (Å²) in [6.45, 7) is 4.08. The molecule has 0 radical (unpaired) electrons. The number of rotatable bonds is 5. The van der Waals surface area contributed by atoms with Crippen molar-refractivity contribution in [1.29, 1.82) is 0 Å². The molecule has 0 aliphatic carbocycles. The molecule has 3 rings (SSSR count). The normalized spacial score (nSPS) is 11.1. The van der Waals surface area contributed by atoms with Gasteiger partial charge in [-0.1, -0.05) is 23.4 Å². The van der Waals surface area contributed by atoms with Crippen LogP contribution >= 0.6 is 0 Å². The second kappa shape index (κ2) is 6.34. The van der Waals surface area contributed by atoms with Gasteiger partial charge in [0.25, 0.3) is 0 Å². The molecular formula is C17H20N4O2. The molecule has 0 amide bonds. The molecule has 23 heavy (non-hydrogen) atoms. The molecule has 120 valence electrons. The third kappa shape index (κ3) is 3.17. The number of aliphatic hydroxyl groups excluding tert-OH is 1. The number of benzene rings is 1. The number of aliphatic hydroxyl groups is 1. The van der Waals surface area contributed by atoms with Gasteiger partial charge in [-0.3, -0.25) is 4.68 Å². The van der Waals surface area contributed by atoms with Crippen molar-refractivity contribution in [3.05, 3.63) is 52.7 Å². The predicted molar refractivity (Wildman–Crippen MR) is 85.7 cm³/mol. The SMILES string of the molecule is Cc1nn(C)c(C)c1CCc1nc(-c2cccc(CO)c2)no1. The van der Waals surface area contributed by atoms with Crippen LogP contribution in [0.25, 0.3) is 11.4 Å². The van der Waals surface area contributed by atoms with Crippen LogP contribution in [0.2, 0.25) is 0 Å². The van der Waals surface area contributed by atoms with Gasteiger partial charge in [-0.05, 0) is 37.5 Å². The summed E-state index contributed by atoms with van der Waals surface area (Å²) in [6.07, 6.45) is 1.50. The highest BCUT2D eigenvalue weighted by Crippen LogP contribution is 2.19. The van der Waals surface area contributed by atoms with E-state index >= 15 is 0 Å². The van der Waals surface area contributed by atoms with Gasteiger partial charge in [0.15, 0.2) is 0 Å². The molecule has 0 saturated carbocycles. The van der Waals surface area contributed by atoms with Crippen LogP contribution in [0, 0.1) is 13.8 Å². The summed E-state index contributed by atoms with van der Waals surface area (Å²) in [7, 11) is 1.95. The lowest BCUT2D eigenvalue weighted by Gasteiger charge is -1.99. The van der Waals surface area contributed by atoms with E-state index in [1.165, 1.54) is 5.56 Å². The zero-order valence-corrected chi connectivity index (χ0v) is 13.6. The average Bonchev–Trinajstić information content (AvgIpc) is 3.12. The van der Waals surface area contributed by atoms with Gasteiger partial charge in [-0.15, -0.1) is 0 Å². The van der Waals surface area contributed by atoms with Gasteiger partial charge >= 0.3 is 0 Å². The molecule has 0 saturated heterocycles. The Balaban J connectivity index is 1.74. The number of hydrogen-bond donors (Lipinski definition) is 1. The zero-order valence-electron chi connectivity index (χ0n) is 13.6. The molecule has 0 atom stereocenters. The first-order valence-electron chi connectivity index (χ1n) is 7.60. The first-order chi connectivity index (χ1) is 11.1. The Morgan fingerprint density at radius 1 is 1.22 bits per heavy atom. The van der Waals surface area contributed by atoms with Crippen molar-refractivity contribution in [2.45, 2.75) is 33.3 Å². The molecule has 0 aliphatic heterocycles. The summed E-state index contributed by atoms with van der Waals surface area (Å²) in [5, 5.41) is 17.7. The van der Waals surface area contributed by atoms with Crippen LogP contribution in [-0.4, -0.2) is 25.0 Å². The van der Waals surface area contributed by atoms with Crippen molar-refractivity contribution in [2.24, 2.45) is 7.05 Å². The summed E-state index contributed by atoms with van der Waals surface area (Å²) in [6, 6.07) is 7.50. The van der Waals surface area contributed by atoms with E-state index in [1.807, 2.05) is 42.9 Å². The van der Waals surface area contributed by atoms with E-state index in [0.29, 0.717) is 18.1 Å². The molecule has 3 aromatic rings. The van der Waals surface area contributed by atoms with Crippen molar-refractivity contribution in [3.8, 4) is 11.4 Å². The van der Waals surface area contributed by atoms with Crippen LogP contribution in [-0.2, 0) is 26.5 Å². The van der Waals surface area contributed by atoms with E-state index < -0.39 is 0 Å². The maximum absolute atomic E-state index is 9.21. The second-order valence-electron chi connectivity index (χ2n) is 5.64. The monoisotopic (exact) mass is 312 g/mol. The molecule has 1 N–H and O–H groups in total. The van der Waals surface area contributed by atoms with Crippen LogP contribution in [0.5, 0.6) is 0 Å². The summed E-state index contributed by atoms with van der Waals surface area (Å²) in [4.78, 5) is 4.45. The molecule has 6 nitrogen and oxygen atoms in total. The maximum Gasteiger partial charge on any atom is 0.227 e. The second-order valence-corrected chi connectivity index (χ2v) is 5.64. The minimum Gasteiger partial charge on any atom is -0.392 e. The van der Waals surface area contributed by atoms with Crippen LogP contribution < -0.4 is 0 Å². The van der Waals surface area contributed by atoms with Crippen molar-refractivity contribution >= 4 is 0 Å². The molecule has 0 unspecified atom stereocenters. The van der Waals surface area contributed by atoms with Crippen LogP contribution in [0.3, 0.4) is 0 Å². The van der Waals surface area contributed by atoms with Gasteiger partial charge in [-0.2, -0.15) is 10.1 Å². The van der Waals surface area contributed by atoms with E-state index in [0.717, 1.165) is 28.9 Å². The first-order valence-corrected chi connectivity index (χ1v) is 7.60. The first kappa shape index (κ1) is 15.4. The van der Waals surface area contributed by atoms with Gasteiger partial charge in [0.1, 0.15) is 0 Å². The highest BCUT2D eigenvalue weighted by molar-refractivity contribution is 5.55. The lowest BCUT2D eigenvalue weighted by molar-refractivity contribution is 0.282. The molecule has 0 fully saturated rings. The number of aromatic nitrogens is 4.